The Balaban J connectivity index is 2.02. The Morgan fingerprint density at radius 3 is 2.78 bits per heavy atom. The molecule has 118 valence electrons. The molecule has 23 heavy (non-hydrogen) atoms. The molecule has 1 N–H and O–H groups in total. The normalized spacial score (nSPS) is 12.3. The molecule has 0 saturated carbocycles. The topological polar surface area (TPSA) is 42.1 Å². The van der Waals surface area contributed by atoms with Crippen LogP contribution in [0.3, 0.4) is 0 Å². The highest BCUT2D eigenvalue weighted by Crippen LogP contribution is 2.33. The van der Waals surface area contributed by atoms with E-state index in [9.17, 15) is 9.18 Å². The van der Waals surface area contributed by atoms with Crippen molar-refractivity contribution in [3.05, 3.63) is 64.6 Å². The number of fused-ring (bicyclic) bond motifs is 1. The molecule has 0 fully saturated rings. The summed E-state index contributed by atoms with van der Waals surface area (Å²) in [4.78, 5) is 15.8. The van der Waals surface area contributed by atoms with E-state index in [0.29, 0.717) is 27.2 Å². The molecule has 0 radical (unpaired) electrons. The van der Waals surface area contributed by atoms with Gasteiger partial charge in [0.25, 0.3) is 0 Å². The number of carbonyl (C=O) groups excluding carboxylic acids is 1. The number of benzene rings is 2. The molecule has 1 unspecified atom stereocenters. The summed E-state index contributed by atoms with van der Waals surface area (Å²) in [5, 5.41) is 1.25. The Bertz CT molecular complexity index is 888. The third-order valence-electron chi connectivity index (χ3n) is 3.96. The van der Waals surface area contributed by atoms with Gasteiger partial charge in [0.2, 0.25) is 0 Å². The standard InChI is InChI=1S/C18H15ClFNO2/c1-10(13-5-3-11(19)7-17(13)23-2)18(22)15-9-21-16-8-12(20)4-6-14(15)16/h3-10,21H,1-2H3. The lowest BCUT2D eigenvalue weighted by Gasteiger charge is -2.15. The lowest BCUT2D eigenvalue weighted by molar-refractivity contribution is 0.0966. The van der Waals surface area contributed by atoms with Crippen LogP contribution in [-0.4, -0.2) is 17.9 Å². The van der Waals surface area contributed by atoms with Gasteiger partial charge in [-0.05, 0) is 30.3 Å². The van der Waals surface area contributed by atoms with Crippen molar-refractivity contribution in [2.45, 2.75) is 12.8 Å². The highest BCUT2D eigenvalue weighted by atomic mass is 35.5. The molecule has 0 aliphatic heterocycles. The van der Waals surface area contributed by atoms with Crippen LogP contribution in [0.25, 0.3) is 10.9 Å². The van der Waals surface area contributed by atoms with Crippen LogP contribution in [0.15, 0.2) is 42.6 Å². The molecule has 1 heterocycles. The van der Waals surface area contributed by atoms with E-state index in [1.807, 2.05) is 6.92 Å². The van der Waals surface area contributed by atoms with Crippen LogP contribution >= 0.6 is 11.6 Å². The minimum absolute atomic E-state index is 0.0662. The number of hydrogen-bond acceptors (Lipinski definition) is 2. The molecule has 3 aromatic rings. The van der Waals surface area contributed by atoms with Crippen molar-refractivity contribution in [2.24, 2.45) is 0 Å². The van der Waals surface area contributed by atoms with Crippen molar-refractivity contribution < 1.29 is 13.9 Å². The van der Waals surface area contributed by atoms with Crippen molar-refractivity contribution in [2.75, 3.05) is 7.11 Å². The van der Waals surface area contributed by atoms with Gasteiger partial charge in [-0.3, -0.25) is 4.79 Å². The Labute approximate surface area is 138 Å². The van der Waals surface area contributed by atoms with Crippen LogP contribution in [0.4, 0.5) is 4.39 Å². The van der Waals surface area contributed by atoms with Gasteiger partial charge in [-0.2, -0.15) is 0 Å². The molecule has 2 aromatic carbocycles. The summed E-state index contributed by atoms with van der Waals surface area (Å²) >= 11 is 5.97. The van der Waals surface area contributed by atoms with Gasteiger partial charge in [0.05, 0.1) is 7.11 Å². The lowest BCUT2D eigenvalue weighted by atomic mass is 9.91. The minimum atomic E-state index is -0.411. The van der Waals surface area contributed by atoms with Gasteiger partial charge in [0.15, 0.2) is 5.78 Å². The van der Waals surface area contributed by atoms with E-state index in [1.165, 1.54) is 12.1 Å². The minimum Gasteiger partial charge on any atom is -0.496 e. The molecule has 0 spiro atoms. The fourth-order valence-electron chi connectivity index (χ4n) is 2.72. The molecule has 3 nitrogen and oxygen atoms in total. The summed E-state index contributed by atoms with van der Waals surface area (Å²) in [6.07, 6.45) is 1.62. The van der Waals surface area contributed by atoms with Crippen molar-refractivity contribution >= 4 is 28.3 Å². The highest BCUT2D eigenvalue weighted by molar-refractivity contribution is 6.30. The average Bonchev–Trinajstić information content (AvgIpc) is 2.96. The van der Waals surface area contributed by atoms with E-state index in [0.717, 1.165) is 5.56 Å². The molecule has 5 heteroatoms. The SMILES string of the molecule is COc1cc(Cl)ccc1C(C)C(=O)c1c[nH]c2cc(F)ccc12. The number of aromatic amines is 1. The Morgan fingerprint density at radius 1 is 1.26 bits per heavy atom. The van der Waals surface area contributed by atoms with Gasteiger partial charge in [-0.1, -0.05) is 24.6 Å². The third-order valence-corrected chi connectivity index (χ3v) is 4.20. The van der Waals surface area contributed by atoms with Gasteiger partial charge in [0.1, 0.15) is 11.6 Å². The van der Waals surface area contributed by atoms with Gasteiger partial charge >= 0.3 is 0 Å². The molecule has 0 amide bonds. The van der Waals surface area contributed by atoms with Crippen LogP contribution < -0.4 is 4.74 Å². The van der Waals surface area contributed by atoms with E-state index in [4.69, 9.17) is 16.3 Å². The first-order chi connectivity index (χ1) is 11.0. The summed E-state index contributed by atoms with van der Waals surface area (Å²) in [5.41, 5.74) is 1.89. The van der Waals surface area contributed by atoms with E-state index >= 15 is 0 Å². The van der Waals surface area contributed by atoms with E-state index < -0.39 is 5.92 Å². The predicted octanol–water partition coefficient (Wildman–Crippen LogP) is 4.96. The third kappa shape index (κ3) is 2.82. The zero-order chi connectivity index (χ0) is 16.6. The maximum Gasteiger partial charge on any atom is 0.172 e. The summed E-state index contributed by atoms with van der Waals surface area (Å²) in [7, 11) is 1.54. The number of rotatable bonds is 4. The largest absolute Gasteiger partial charge is 0.496 e. The van der Waals surface area contributed by atoms with E-state index in [2.05, 4.69) is 4.98 Å². The second kappa shape index (κ2) is 6.05. The molecular formula is C18H15ClFNO2. The Hall–Kier alpha value is -2.33. The first-order valence-electron chi connectivity index (χ1n) is 7.15. The highest BCUT2D eigenvalue weighted by Gasteiger charge is 2.23. The smallest absolute Gasteiger partial charge is 0.172 e. The first-order valence-corrected chi connectivity index (χ1v) is 7.53. The van der Waals surface area contributed by atoms with Crippen molar-refractivity contribution in [1.29, 1.82) is 0 Å². The van der Waals surface area contributed by atoms with Crippen molar-refractivity contribution in [3.63, 3.8) is 0 Å². The number of Topliss-reactive ketones (excluding diaryl/α,β-unsaturated/α-hetero) is 1. The Kier molecular flexibility index (Phi) is 4.09. The number of nitrogens with one attached hydrogen (secondary N) is 1. The summed E-state index contributed by atoms with van der Waals surface area (Å²) in [6, 6.07) is 9.54. The molecular weight excluding hydrogens is 317 g/mol. The number of ether oxygens (including phenoxy) is 1. The number of hydrogen-bond donors (Lipinski definition) is 1. The zero-order valence-corrected chi connectivity index (χ0v) is 13.4. The number of methoxy groups -OCH3 is 1. The molecule has 0 aliphatic carbocycles. The van der Waals surface area contributed by atoms with Crippen molar-refractivity contribution in [1.82, 2.24) is 4.98 Å². The molecule has 0 bridgehead atoms. The maximum atomic E-state index is 13.3. The summed E-state index contributed by atoms with van der Waals surface area (Å²) in [5.74, 6) is -0.246. The molecule has 1 atom stereocenters. The lowest BCUT2D eigenvalue weighted by Crippen LogP contribution is -2.10. The first kappa shape index (κ1) is 15.6. The van der Waals surface area contributed by atoms with E-state index in [1.54, 1.807) is 37.6 Å². The number of aromatic nitrogens is 1. The molecule has 3 rings (SSSR count). The number of halogens is 2. The molecule has 1 aromatic heterocycles. The zero-order valence-electron chi connectivity index (χ0n) is 12.7. The van der Waals surface area contributed by atoms with Crippen LogP contribution in [0, 0.1) is 5.82 Å². The molecule has 0 saturated heterocycles. The van der Waals surface area contributed by atoms with Gasteiger partial charge in [0, 0.05) is 39.2 Å². The van der Waals surface area contributed by atoms with Crippen LogP contribution in [0.2, 0.25) is 5.02 Å². The summed E-state index contributed by atoms with van der Waals surface area (Å²) in [6.45, 7) is 1.82. The van der Waals surface area contributed by atoms with Gasteiger partial charge < -0.3 is 9.72 Å². The van der Waals surface area contributed by atoms with E-state index in [-0.39, 0.29) is 11.6 Å². The number of H-pyrrole nitrogens is 1. The average molecular weight is 332 g/mol. The summed E-state index contributed by atoms with van der Waals surface area (Å²) < 4.78 is 18.6. The van der Waals surface area contributed by atoms with Crippen LogP contribution in [0.1, 0.15) is 28.8 Å². The second-order valence-electron chi connectivity index (χ2n) is 5.36. The van der Waals surface area contributed by atoms with Crippen LogP contribution in [-0.2, 0) is 0 Å². The molecule has 0 aliphatic rings. The fraction of sp³-hybridized carbons (Fsp3) is 0.167. The van der Waals surface area contributed by atoms with Crippen molar-refractivity contribution in [3.8, 4) is 5.75 Å². The Morgan fingerprint density at radius 2 is 2.04 bits per heavy atom. The predicted molar refractivity (Wildman–Crippen MR) is 89.0 cm³/mol. The second-order valence-corrected chi connectivity index (χ2v) is 5.80. The van der Waals surface area contributed by atoms with Gasteiger partial charge in [-0.15, -0.1) is 0 Å². The maximum absolute atomic E-state index is 13.3. The number of ketones is 1. The fourth-order valence-corrected chi connectivity index (χ4v) is 2.88. The number of carbonyl (C=O) groups is 1. The quantitative estimate of drug-likeness (QED) is 0.687. The van der Waals surface area contributed by atoms with Gasteiger partial charge in [-0.25, -0.2) is 4.39 Å². The monoisotopic (exact) mass is 331 g/mol. The van der Waals surface area contributed by atoms with Crippen LogP contribution in [0.5, 0.6) is 5.75 Å².